The van der Waals surface area contributed by atoms with Gasteiger partial charge in [0.15, 0.2) is 6.10 Å². The van der Waals surface area contributed by atoms with Gasteiger partial charge in [0.25, 0.3) is 0 Å². The molecule has 0 bridgehead atoms. The van der Waals surface area contributed by atoms with Crippen molar-refractivity contribution in [2.75, 3.05) is 13.2 Å². The van der Waals surface area contributed by atoms with Crippen molar-refractivity contribution >= 4 is 19.8 Å². The van der Waals surface area contributed by atoms with Crippen molar-refractivity contribution in [3.63, 3.8) is 0 Å². The first-order chi connectivity index (χ1) is 24.9. The third-order valence-electron chi connectivity index (χ3n) is 8.47. The highest BCUT2D eigenvalue weighted by atomic mass is 31.2. The maximum atomic E-state index is 12.4. The summed E-state index contributed by atoms with van der Waals surface area (Å²) in [6.07, 6.45) is 33.3. The summed E-state index contributed by atoms with van der Waals surface area (Å²) in [5.41, 5.74) is 0. The van der Waals surface area contributed by atoms with E-state index in [9.17, 15) is 24.4 Å². The Morgan fingerprint density at radius 2 is 1.19 bits per heavy atom. The normalized spacial score (nSPS) is 14.3. The van der Waals surface area contributed by atoms with Gasteiger partial charge in [-0.25, -0.2) is 4.57 Å². The fourth-order valence-electron chi connectivity index (χ4n) is 5.40. The smallest absolute Gasteiger partial charge is 0.462 e. The first kappa shape index (κ1) is 49.9. The lowest BCUT2D eigenvalue weighted by atomic mass is 10.0. The number of allylic oxidation sites excluding steroid dienone is 5. The zero-order chi connectivity index (χ0) is 38.7. The van der Waals surface area contributed by atoms with Crippen molar-refractivity contribution in [1.29, 1.82) is 0 Å². The maximum Gasteiger partial charge on any atom is 0.469 e. The van der Waals surface area contributed by atoms with Crippen LogP contribution in [-0.2, 0) is 28.2 Å². The van der Waals surface area contributed by atoms with Crippen molar-refractivity contribution in [2.45, 2.75) is 180 Å². The Bertz CT molecular complexity index is 1030. The van der Waals surface area contributed by atoms with E-state index in [4.69, 9.17) is 19.3 Å². The van der Waals surface area contributed by atoms with E-state index in [1.54, 1.807) is 36.5 Å². The number of aliphatic hydroxyl groups is 2. The van der Waals surface area contributed by atoms with Crippen molar-refractivity contribution in [2.24, 2.45) is 5.92 Å². The number of aliphatic hydroxyl groups excluding tert-OH is 2. The summed E-state index contributed by atoms with van der Waals surface area (Å²) in [6.45, 7) is 5.72. The second-order valence-electron chi connectivity index (χ2n) is 14.1. The van der Waals surface area contributed by atoms with E-state index < -0.39 is 51.3 Å². The van der Waals surface area contributed by atoms with Crippen LogP contribution in [0.2, 0.25) is 0 Å². The fraction of sp³-hybridized carbons (Fsp3) is 0.756. The second kappa shape index (κ2) is 34.7. The predicted octanol–water partition coefficient (Wildman–Crippen LogP) is 9.76. The third-order valence-corrected chi connectivity index (χ3v) is 8.95. The molecule has 0 saturated carbocycles. The van der Waals surface area contributed by atoms with Gasteiger partial charge in [-0.05, 0) is 44.4 Å². The summed E-state index contributed by atoms with van der Waals surface area (Å²) in [5, 5.41) is 20.1. The third kappa shape index (κ3) is 37.7. The lowest BCUT2D eigenvalue weighted by Gasteiger charge is -2.18. The average molecular weight is 757 g/mol. The van der Waals surface area contributed by atoms with E-state index in [0.717, 1.165) is 31.6 Å². The van der Waals surface area contributed by atoms with Gasteiger partial charge in [-0.2, -0.15) is 0 Å². The molecule has 0 spiro atoms. The molecule has 0 rings (SSSR count). The number of carbonyl (C=O) groups excluding carboxylic acids is 2. The molecule has 0 aromatic rings. The minimum atomic E-state index is -4.81. The molecule has 0 saturated heterocycles. The summed E-state index contributed by atoms with van der Waals surface area (Å²) >= 11 is 0. The molecule has 0 unspecified atom stereocenters. The Morgan fingerprint density at radius 1 is 0.635 bits per heavy atom. The molecular formula is C41H73O10P. The highest BCUT2D eigenvalue weighted by Gasteiger charge is 2.23. The Labute approximate surface area is 315 Å². The number of hydrogen-bond donors (Lipinski definition) is 4. The molecule has 0 aliphatic carbocycles. The van der Waals surface area contributed by atoms with Crippen LogP contribution < -0.4 is 0 Å². The summed E-state index contributed by atoms with van der Waals surface area (Å²) in [6, 6.07) is 0. The number of phosphoric ester groups is 1. The van der Waals surface area contributed by atoms with Gasteiger partial charge in [-0.1, -0.05) is 159 Å². The standard InChI is InChI=1S/C41H73O10P/c1-4-5-6-7-17-22-28-37(42)29-23-19-20-24-30-38(43)31-26-33-40(44)49-34-39(35-50-52(46,47)48)51-41(45)32-25-18-15-13-11-9-8-10-12-14-16-21-27-36(2)3/h17,19-20,22-24,29-30,36-39,42-43H,4-16,18,21,25-28,31-35H2,1-3H3,(H2,46,47,48)/b20-19+,22-17-,29-23+,30-24-/t37-,38-,39-/m1/s1. The Morgan fingerprint density at radius 3 is 1.77 bits per heavy atom. The van der Waals surface area contributed by atoms with Gasteiger partial charge >= 0.3 is 19.8 Å². The molecule has 52 heavy (non-hydrogen) atoms. The zero-order valence-corrected chi connectivity index (χ0v) is 33.5. The van der Waals surface area contributed by atoms with Crippen LogP contribution in [0.4, 0.5) is 0 Å². The van der Waals surface area contributed by atoms with Gasteiger partial charge in [0.2, 0.25) is 0 Å². The maximum absolute atomic E-state index is 12.4. The van der Waals surface area contributed by atoms with E-state index in [1.807, 2.05) is 6.08 Å². The first-order valence-corrected chi connectivity index (χ1v) is 21.5. The average Bonchev–Trinajstić information content (AvgIpc) is 3.08. The van der Waals surface area contributed by atoms with E-state index in [2.05, 4.69) is 31.4 Å². The topological polar surface area (TPSA) is 160 Å². The van der Waals surface area contributed by atoms with Crippen LogP contribution in [0.1, 0.15) is 162 Å². The van der Waals surface area contributed by atoms with E-state index in [1.165, 1.54) is 77.0 Å². The van der Waals surface area contributed by atoms with E-state index >= 15 is 0 Å². The minimum absolute atomic E-state index is 0.00682. The lowest BCUT2D eigenvalue weighted by molar-refractivity contribution is -0.161. The van der Waals surface area contributed by atoms with Gasteiger partial charge in [-0.15, -0.1) is 0 Å². The highest BCUT2D eigenvalue weighted by Crippen LogP contribution is 2.36. The lowest BCUT2D eigenvalue weighted by Crippen LogP contribution is -2.29. The number of hydrogen-bond acceptors (Lipinski definition) is 8. The molecule has 0 aliphatic heterocycles. The zero-order valence-electron chi connectivity index (χ0n) is 32.6. The minimum Gasteiger partial charge on any atom is -0.462 e. The van der Waals surface area contributed by atoms with Crippen LogP contribution in [0.15, 0.2) is 48.6 Å². The molecule has 0 aromatic heterocycles. The summed E-state index contributed by atoms with van der Waals surface area (Å²) in [4.78, 5) is 42.8. The summed E-state index contributed by atoms with van der Waals surface area (Å²) < 4.78 is 26.2. The van der Waals surface area contributed by atoms with Gasteiger partial charge in [0, 0.05) is 12.8 Å². The highest BCUT2D eigenvalue weighted by molar-refractivity contribution is 7.46. The molecule has 0 radical (unpaired) electrons. The molecule has 0 aromatic carbocycles. The van der Waals surface area contributed by atoms with Crippen LogP contribution >= 0.6 is 7.82 Å². The van der Waals surface area contributed by atoms with Crippen LogP contribution in [-0.4, -0.2) is 63.5 Å². The van der Waals surface area contributed by atoms with Crippen molar-refractivity contribution in [3.05, 3.63) is 48.6 Å². The Hall–Kier alpha value is -2.07. The van der Waals surface area contributed by atoms with Crippen molar-refractivity contribution < 1.29 is 48.2 Å². The largest absolute Gasteiger partial charge is 0.469 e. The van der Waals surface area contributed by atoms with Gasteiger partial charge in [0.1, 0.15) is 6.61 Å². The summed E-state index contributed by atoms with van der Waals surface area (Å²) in [7, 11) is -4.81. The molecule has 11 heteroatoms. The van der Waals surface area contributed by atoms with Crippen LogP contribution in [0.25, 0.3) is 0 Å². The summed E-state index contributed by atoms with van der Waals surface area (Å²) in [5.74, 6) is -0.324. The van der Waals surface area contributed by atoms with Crippen molar-refractivity contribution in [3.8, 4) is 0 Å². The number of phosphoric acid groups is 1. The number of esters is 2. The molecular weight excluding hydrogens is 683 g/mol. The molecule has 3 atom stereocenters. The van der Waals surface area contributed by atoms with E-state index in [0.29, 0.717) is 25.7 Å². The SMILES string of the molecule is CCCCC/C=C\C[C@@H](O)/C=C/C=C/C=C\[C@@H](O)CCCC(=O)OC[C@H](COP(=O)(O)O)OC(=O)CCCCCCCCCCCCCCC(C)C. The van der Waals surface area contributed by atoms with Gasteiger partial charge in [-0.3, -0.25) is 14.1 Å². The monoisotopic (exact) mass is 756 g/mol. The molecule has 4 N–H and O–H groups in total. The number of unbranched alkanes of at least 4 members (excludes halogenated alkanes) is 14. The van der Waals surface area contributed by atoms with Crippen LogP contribution in [0.5, 0.6) is 0 Å². The fourth-order valence-corrected chi connectivity index (χ4v) is 5.76. The van der Waals surface area contributed by atoms with Gasteiger partial charge < -0.3 is 29.5 Å². The predicted molar refractivity (Wildman–Crippen MR) is 209 cm³/mol. The van der Waals surface area contributed by atoms with E-state index in [-0.39, 0.29) is 12.8 Å². The Balaban J connectivity index is 4.21. The number of carbonyl (C=O) groups is 2. The van der Waals surface area contributed by atoms with Crippen LogP contribution in [0, 0.1) is 5.92 Å². The molecule has 10 nitrogen and oxygen atoms in total. The van der Waals surface area contributed by atoms with Gasteiger partial charge in [0.05, 0.1) is 18.8 Å². The Kier molecular flexibility index (Phi) is 33.3. The first-order valence-electron chi connectivity index (χ1n) is 20.0. The molecule has 0 fully saturated rings. The molecule has 0 amide bonds. The molecule has 0 aliphatic rings. The quantitative estimate of drug-likeness (QED) is 0.0161. The number of rotatable bonds is 35. The molecule has 0 heterocycles. The number of ether oxygens (including phenoxy) is 2. The van der Waals surface area contributed by atoms with Crippen LogP contribution in [0.3, 0.4) is 0 Å². The second-order valence-corrected chi connectivity index (χ2v) is 15.4. The molecule has 302 valence electrons. The van der Waals surface area contributed by atoms with Crippen molar-refractivity contribution in [1.82, 2.24) is 0 Å².